The zero-order valence-electron chi connectivity index (χ0n) is 21.4. The molecule has 5 nitrogen and oxygen atoms in total. The SMILES string of the molecule is CCc1ccc(-c2c(-c3ccccc3F)oc3ncnc(OC4CCCN(Cc5ccccc5)C4)c23)cc1. The van der Waals surface area contributed by atoms with Crippen LogP contribution in [0, 0.1) is 5.82 Å². The summed E-state index contributed by atoms with van der Waals surface area (Å²) in [7, 11) is 0. The van der Waals surface area contributed by atoms with Crippen molar-refractivity contribution in [2.24, 2.45) is 0 Å². The number of halogens is 1. The minimum Gasteiger partial charge on any atom is -0.472 e. The Bertz CT molecular complexity index is 1530. The van der Waals surface area contributed by atoms with Crippen molar-refractivity contribution < 1.29 is 13.5 Å². The lowest BCUT2D eigenvalue weighted by Crippen LogP contribution is -2.40. The largest absolute Gasteiger partial charge is 0.472 e. The van der Waals surface area contributed by atoms with E-state index in [4.69, 9.17) is 9.15 Å². The molecule has 1 fully saturated rings. The minimum absolute atomic E-state index is 0.0207. The molecule has 192 valence electrons. The number of aromatic nitrogens is 2. The molecule has 0 spiro atoms. The predicted molar refractivity (Wildman–Crippen MR) is 147 cm³/mol. The number of hydrogen-bond donors (Lipinski definition) is 0. The van der Waals surface area contributed by atoms with Gasteiger partial charge in [-0.05, 0) is 54.6 Å². The van der Waals surface area contributed by atoms with Gasteiger partial charge in [0.25, 0.3) is 0 Å². The third-order valence-electron chi connectivity index (χ3n) is 7.21. The maximum Gasteiger partial charge on any atom is 0.234 e. The Morgan fingerprint density at radius 3 is 2.53 bits per heavy atom. The van der Waals surface area contributed by atoms with E-state index in [2.05, 4.69) is 58.2 Å². The molecule has 6 rings (SSSR count). The average Bonchev–Trinajstić information content (AvgIpc) is 3.34. The van der Waals surface area contributed by atoms with Crippen LogP contribution in [0.3, 0.4) is 0 Å². The van der Waals surface area contributed by atoms with Crippen LogP contribution in [0.25, 0.3) is 33.6 Å². The average molecular weight is 508 g/mol. The van der Waals surface area contributed by atoms with Crippen molar-refractivity contribution in [2.75, 3.05) is 13.1 Å². The molecule has 3 heterocycles. The van der Waals surface area contributed by atoms with Crippen molar-refractivity contribution in [3.05, 3.63) is 102 Å². The zero-order valence-corrected chi connectivity index (χ0v) is 21.4. The molecule has 6 heteroatoms. The summed E-state index contributed by atoms with van der Waals surface area (Å²) in [5.41, 5.74) is 4.95. The van der Waals surface area contributed by atoms with Gasteiger partial charge in [-0.1, -0.05) is 73.7 Å². The first-order valence-electron chi connectivity index (χ1n) is 13.2. The van der Waals surface area contributed by atoms with Gasteiger partial charge in [-0.25, -0.2) is 14.4 Å². The van der Waals surface area contributed by atoms with E-state index < -0.39 is 0 Å². The summed E-state index contributed by atoms with van der Waals surface area (Å²) in [5.74, 6) is 0.557. The molecule has 0 saturated carbocycles. The molecular weight excluding hydrogens is 477 g/mol. The standard InChI is InChI=1S/C32H30FN3O2/c1-2-22-14-16-24(17-15-22)28-29-31(34-21-35-32(29)38-30(28)26-12-6-7-13-27(26)33)37-25-11-8-18-36(20-25)19-23-9-4-3-5-10-23/h3-7,9-10,12-17,21,25H,2,8,11,18-20H2,1H3. The van der Waals surface area contributed by atoms with Crippen molar-refractivity contribution in [2.45, 2.75) is 38.8 Å². The third kappa shape index (κ3) is 4.92. The van der Waals surface area contributed by atoms with E-state index in [0.29, 0.717) is 28.3 Å². The molecule has 0 aliphatic carbocycles. The molecular formula is C32H30FN3O2. The quantitative estimate of drug-likeness (QED) is 0.231. The van der Waals surface area contributed by atoms with Crippen molar-refractivity contribution in [3.63, 3.8) is 0 Å². The fourth-order valence-corrected chi connectivity index (χ4v) is 5.27. The second-order valence-electron chi connectivity index (χ2n) is 9.80. The van der Waals surface area contributed by atoms with E-state index in [1.807, 2.05) is 24.3 Å². The number of fused-ring (bicyclic) bond motifs is 1. The van der Waals surface area contributed by atoms with Crippen molar-refractivity contribution >= 4 is 11.1 Å². The Hall–Kier alpha value is -4.03. The van der Waals surface area contributed by atoms with Crippen molar-refractivity contribution in [3.8, 4) is 28.3 Å². The highest BCUT2D eigenvalue weighted by Gasteiger charge is 2.27. The Morgan fingerprint density at radius 2 is 1.74 bits per heavy atom. The number of piperidine rings is 1. The van der Waals surface area contributed by atoms with Crippen molar-refractivity contribution in [1.29, 1.82) is 0 Å². The lowest BCUT2D eigenvalue weighted by molar-refractivity contribution is 0.0821. The number of benzene rings is 3. The van der Waals surface area contributed by atoms with Gasteiger partial charge >= 0.3 is 0 Å². The summed E-state index contributed by atoms with van der Waals surface area (Å²) in [4.78, 5) is 11.4. The van der Waals surface area contributed by atoms with Gasteiger partial charge in [0.05, 0.1) is 5.56 Å². The topological polar surface area (TPSA) is 51.4 Å². The van der Waals surface area contributed by atoms with Crippen LogP contribution in [0.5, 0.6) is 5.88 Å². The Morgan fingerprint density at radius 1 is 0.947 bits per heavy atom. The second-order valence-corrected chi connectivity index (χ2v) is 9.80. The first-order valence-corrected chi connectivity index (χ1v) is 13.2. The first-order chi connectivity index (χ1) is 18.7. The van der Waals surface area contributed by atoms with E-state index >= 15 is 0 Å². The number of furan rings is 1. The van der Waals surface area contributed by atoms with Crippen LogP contribution in [0.15, 0.2) is 89.6 Å². The lowest BCUT2D eigenvalue weighted by atomic mass is 9.98. The fraction of sp³-hybridized carbons (Fsp3) is 0.250. The van der Waals surface area contributed by atoms with E-state index in [1.165, 1.54) is 23.5 Å². The fourth-order valence-electron chi connectivity index (χ4n) is 5.27. The van der Waals surface area contributed by atoms with Gasteiger partial charge < -0.3 is 9.15 Å². The summed E-state index contributed by atoms with van der Waals surface area (Å²) in [5, 5.41) is 0.676. The molecule has 1 saturated heterocycles. The number of likely N-dealkylation sites (tertiary alicyclic amines) is 1. The van der Waals surface area contributed by atoms with Crippen LogP contribution in [-0.4, -0.2) is 34.1 Å². The van der Waals surface area contributed by atoms with Crippen LogP contribution < -0.4 is 4.74 Å². The van der Waals surface area contributed by atoms with Gasteiger partial charge in [-0.2, -0.15) is 0 Å². The summed E-state index contributed by atoms with van der Waals surface area (Å²) in [6.07, 6.45) is 4.36. The summed E-state index contributed by atoms with van der Waals surface area (Å²) < 4.78 is 27.8. The Kier molecular flexibility index (Phi) is 6.88. The highest BCUT2D eigenvalue weighted by atomic mass is 19.1. The maximum absolute atomic E-state index is 15.0. The Balaban J connectivity index is 1.39. The number of rotatable bonds is 7. The van der Waals surface area contributed by atoms with E-state index in [9.17, 15) is 4.39 Å². The molecule has 1 atom stereocenters. The lowest BCUT2D eigenvalue weighted by Gasteiger charge is -2.32. The van der Waals surface area contributed by atoms with Crippen LogP contribution in [0.4, 0.5) is 4.39 Å². The van der Waals surface area contributed by atoms with Crippen LogP contribution in [0.1, 0.15) is 30.9 Å². The van der Waals surface area contributed by atoms with Gasteiger partial charge in [0, 0.05) is 18.7 Å². The zero-order chi connectivity index (χ0) is 25.9. The minimum atomic E-state index is -0.350. The molecule has 3 aromatic carbocycles. The number of nitrogens with zero attached hydrogens (tertiary/aromatic N) is 3. The van der Waals surface area contributed by atoms with Gasteiger partial charge in [-0.15, -0.1) is 0 Å². The van der Waals surface area contributed by atoms with Gasteiger partial charge in [0.1, 0.15) is 29.4 Å². The van der Waals surface area contributed by atoms with Crippen LogP contribution in [-0.2, 0) is 13.0 Å². The molecule has 0 radical (unpaired) electrons. The van der Waals surface area contributed by atoms with E-state index in [1.54, 1.807) is 12.1 Å². The first kappa shape index (κ1) is 24.3. The molecule has 1 unspecified atom stereocenters. The van der Waals surface area contributed by atoms with Crippen LogP contribution in [0.2, 0.25) is 0 Å². The molecule has 2 aromatic heterocycles. The summed E-state index contributed by atoms with van der Waals surface area (Å²) in [6, 6.07) is 25.4. The van der Waals surface area contributed by atoms with E-state index in [-0.39, 0.29) is 11.9 Å². The Labute approximate surface area is 221 Å². The smallest absolute Gasteiger partial charge is 0.234 e. The van der Waals surface area contributed by atoms with Gasteiger partial charge in [0.15, 0.2) is 0 Å². The molecule has 0 bridgehead atoms. The summed E-state index contributed by atoms with van der Waals surface area (Å²) >= 11 is 0. The molecule has 1 aliphatic rings. The van der Waals surface area contributed by atoms with Crippen molar-refractivity contribution in [1.82, 2.24) is 14.9 Å². The van der Waals surface area contributed by atoms with Gasteiger partial charge in [-0.3, -0.25) is 4.90 Å². The van der Waals surface area contributed by atoms with Gasteiger partial charge in [0.2, 0.25) is 11.6 Å². The number of ether oxygens (including phenoxy) is 1. The number of aryl methyl sites for hydroxylation is 1. The number of hydrogen-bond acceptors (Lipinski definition) is 5. The molecule has 1 aliphatic heterocycles. The molecule has 0 N–H and O–H groups in total. The van der Waals surface area contributed by atoms with Crippen LogP contribution >= 0.6 is 0 Å². The summed E-state index contributed by atoms with van der Waals surface area (Å²) in [6.45, 7) is 4.85. The highest BCUT2D eigenvalue weighted by molar-refractivity contribution is 6.03. The molecule has 38 heavy (non-hydrogen) atoms. The molecule has 5 aromatic rings. The maximum atomic E-state index is 15.0. The normalized spacial score (nSPS) is 16.1. The third-order valence-corrected chi connectivity index (χ3v) is 7.21. The highest BCUT2D eigenvalue weighted by Crippen LogP contribution is 2.44. The van der Waals surface area contributed by atoms with E-state index in [0.717, 1.165) is 50.0 Å². The monoisotopic (exact) mass is 507 g/mol. The second kappa shape index (κ2) is 10.8. The molecule has 0 amide bonds. The predicted octanol–water partition coefficient (Wildman–Crippen LogP) is 7.30.